The van der Waals surface area contributed by atoms with E-state index in [0.717, 1.165) is 16.3 Å². The lowest BCUT2D eigenvalue weighted by Gasteiger charge is -2.02. The van der Waals surface area contributed by atoms with E-state index in [1.54, 1.807) is 7.11 Å². The third-order valence-corrected chi connectivity index (χ3v) is 3.96. The van der Waals surface area contributed by atoms with Crippen molar-refractivity contribution in [2.24, 2.45) is 5.92 Å². The zero-order valence-corrected chi connectivity index (χ0v) is 12.5. The van der Waals surface area contributed by atoms with Gasteiger partial charge in [-0.2, -0.15) is 0 Å². The number of nitrogens with zero attached hydrogens (tertiary/aromatic N) is 1. The first-order valence-electron chi connectivity index (χ1n) is 6.38. The molecule has 1 aromatic carbocycles. The molecule has 0 aliphatic carbocycles. The Morgan fingerprint density at radius 1 is 1.35 bits per heavy atom. The van der Waals surface area contributed by atoms with E-state index in [4.69, 9.17) is 4.74 Å². The van der Waals surface area contributed by atoms with E-state index in [1.165, 1.54) is 11.3 Å². The van der Waals surface area contributed by atoms with Gasteiger partial charge in [0.25, 0.3) is 0 Å². The molecule has 0 saturated heterocycles. The van der Waals surface area contributed by atoms with Crippen molar-refractivity contribution in [3.05, 3.63) is 34.8 Å². The highest BCUT2D eigenvalue weighted by Crippen LogP contribution is 2.30. The number of thiazole rings is 1. The van der Waals surface area contributed by atoms with Crippen LogP contribution in [-0.2, 0) is 6.42 Å². The van der Waals surface area contributed by atoms with Crippen LogP contribution in [0.3, 0.4) is 0 Å². The van der Waals surface area contributed by atoms with E-state index in [0.29, 0.717) is 22.9 Å². The zero-order chi connectivity index (χ0) is 14.7. The topological polar surface area (TPSA) is 59.4 Å². The fraction of sp³-hybridized carbons (Fsp3) is 0.333. The van der Waals surface area contributed by atoms with E-state index < -0.39 is 5.97 Å². The van der Waals surface area contributed by atoms with Gasteiger partial charge in [0.15, 0.2) is 0 Å². The zero-order valence-electron chi connectivity index (χ0n) is 11.7. The first-order valence-corrected chi connectivity index (χ1v) is 7.20. The molecule has 0 saturated carbocycles. The maximum atomic E-state index is 11.3. The van der Waals surface area contributed by atoms with E-state index in [1.807, 2.05) is 24.3 Å². The summed E-state index contributed by atoms with van der Waals surface area (Å²) in [5.41, 5.74) is 1.58. The predicted octanol–water partition coefficient (Wildman–Crippen LogP) is 3.72. The number of carboxylic acids is 1. The van der Waals surface area contributed by atoms with E-state index in [9.17, 15) is 9.90 Å². The SMILES string of the molecule is COc1ccc(-c2nc(CC(C)C)c(C(=O)O)s2)cc1. The van der Waals surface area contributed by atoms with Gasteiger partial charge in [-0.15, -0.1) is 11.3 Å². The van der Waals surface area contributed by atoms with Gasteiger partial charge >= 0.3 is 5.97 Å². The standard InChI is InChI=1S/C15H17NO3S/c1-9(2)8-12-13(15(17)18)20-14(16-12)10-4-6-11(19-3)7-5-10/h4-7,9H,8H2,1-3H3,(H,17,18). The van der Waals surface area contributed by atoms with Gasteiger partial charge in [0.1, 0.15) is 15.6 Å². The molecular weight excluding hydrogens is 274 g/mol. The number of hydrogen-bond donors (Lipinski definition) is 1. The first-order chi connectivity index (χ1) is 9.51. The highest BCUT2D eigenvalue weighted by atomic mass is 32.1. The summed E-state index contributed by atoms with van der Waals surface area (Å²) in [6.45, 7) is 4.11. The largest absolute Gasteiger partial charge is 0.497 e. The molecule has 106 valence electrons. The van der Waals surface area contributed by atoms with Crippen molar-refractivity contribution in [3.63, 3.8) is 0 Å². The molecule has 0 radical (unpaired) electrons. The lowest BCUT2D eigenvalue weighted by atomic mass is 10.1. The Morgan fingerprint density at radius 2 is 2.00 bits per heavy atom. The summed E-state index contributed by atoms with van der Waals surface area (Å²) in [4.78, 5) is 16.1. The Balaban J connectivity index is 2.38. The van der Waals surface area contributed by atoms with Gasteiger partial charge in [-0.3, -0.25) is 0 Å². The van der Waals surface area contributed by atoms with Crippen LogP contribution in [0.5, 0.6) is 5.75 Å². The number of aromatic nitrogens is 1. The Kier molecular flexibility index (Phi) is 4.39. The average molecular weight is 291 g/mol. The number of hydrogen-bond acceptors (Lipinski definition) is 4. The number of benzene rings is 1. The molecule has 20 heavy (non-hydrogen) atoms. The van der Waals surface area contributed by atoms with Gasteiger partial charge in [0, 0.05) is 5.56 Å². The van der Waals surface area contributed by atoms with Crippen LogP contribution >= 0.6 is 11.3 Å². The first kappa shape index (κ1) is 14.5. The molecule has 4 nitrogen and oxygen atoms in total. The minimum Gasteiger partial charge on any atom is -0.497 e. The highest BCUT2D eigenvalue weighted by molar-refractivity contribution is 7.17. The third kappa shape index (κ3) is 3.17. The summed E-state index contributed by atoms with van der Waals surface area (Å²) in [6, 6.07) is 7.48. The van der Waals surface area contributed by atoms with Gasteiger partial charge in [0.2, 0.25) is 0 Å². The van der Waals surface area contributed by atoms with Gasteiger partial charge in [-0.05, 0) is 36.6 Å². The van der Waals surface area contributed by atoms with Crippen LogP contribution < -0.4 is 4.74 Å². The van der Waals surface area contributed by atoms with E-state index in [2.05, 4.69) is 18.8 Å². The van der Waals surface area contributed by atoms with Crippen LogP contribution in [0.25, 0.3) is 10.6 Å². The van der Waals surface area contributed by atoms with Crippen LogP contribution in [0.15, 0.2) is 24.3 Å². The molecule has 0 aliphatic heterocycles. The minimum atomic E-state index is -0.905. The van der Waals surface area contributed by atoms with Crippen molar-refractivity contribution < 1.29 is 14.6 Å². The van der Waals surface area contributed by atoms with E-state index in [-0.39, 0.29) is 0 Å². The number of carbonyl (C=O) groups is 1. The van der Waals surface area contributed by atoms with Gasteiger partial charge in [-0.25, -0.2) is 9.78 Å². The Labute approximate surface area is 122 Å². The number of methoxy groups -OCH3 is 1. The second kappa shape index (κ2) is 6.05. The van der Waals surface area contributed by atoms with Crippen molar-refractivity contribution >= 4 is 17.3 Å². The average Bonchev–Trinajstić information content (AvgIpc) is 2.82. The number of rotatable bonds is 5. The number of aromatic carboxylic acids is 1. The molecule has 1 N–H and O–H groups in total. The monoisotopic (exact) mass is 291 g/mol. The maximum Gasteiger partial charge on any atom is 0.347 e. The molecule has 5 heteroatoms. The molecule has 0 amide bonds. The molecule has 2 rings (SSSR count). The third-order valence-electron chi connectivity index (χ3n) is 2.83. The molecule has 0 atom stereocenters. The Bertz CT molecular complexity index is 602. The number of ether oxygens (including phenoxy) is 1. The highest BCUT2D eigenvalue weighted by Gasteiger charge is 2.18. The van der Waals surface area contributed by atoms with Crippen LogP contribution in [0.2, 0.25) is 0 Å². The number of carboxylic acid groups (broad SMARTS) is 1. The lowest BCUT2D eigenvalue weighted by Crippen LogP contribution is -2.02. The van der Waals surface area contributed by atoms with Crippen LogP contribution in [-0.4, -0.2) is 23.2 Å². The van der Waals surface area contributed by atoms with Crippen LogP contribution in [0.4, 0.5) is 0 Å². The molecule has 0 aliphatic rings. The quantitative estimate of drug-likeness (QED) is 0.912. The van der Waals surface area contributed by atoms with Gasteiger partial charge in [-0.1, -0.05) is 13.8 Å². The van der Waals surface area contributed by atoms with Crippen LogP contribution in [0, 0.1) is 5.92 Å². The molecular formula is C15H17NO3S. The fourth-order valence-corrected chi connectivity index (χ4v) is 2.84. The van der Waals surface area contributed by atoms with Crippen molar-refractivity contribution in [3.8, 4) is 16.3 Å². The lowest BCUT2D eigenvalue weighted by molar-refractivity contribution is 0.0700. The van der Waals surface area contributed by atoms with Crippen molar-refractivity contribution in [2.45, 2.75) is 20.3 Å². The molecule has 0 spiro atoms. The van der Waals surface area contributed by atoms with Gasteiger partial charge in [0.05, 0.1) is 12.8 Å². The summed E-state index contributed by atoms with van der Waals surface area (Å²) >= 11 is 1.22. The normalized spacial score (nSPS) is 10.8. The molecule has 0 unspecified atom stereocenters. The van der Waals surface area contributed by atoms with Crippen LogP contribution in [0.1, 0.15) is 29.2 Å². The summed E-state index contributed by atoms with van der Waals surface area (Å²) in [6.07, 6.45) is 0.675. The second-order valence-electron chi connectivity index (χ2n) is 4.93. The molecule has 2 aromatic rings. The summed E-state index contributed by atoms with van der Waals surface area (Å²) < 4.78 is 5.11. The van der Waals surface area contributed by atoms with Crippen molar-refractivity contribution in [1.82, 2.24) is 4.98 Å². The van der Waals surface area contributed by atoms with Crippen molar-refractivity contribution in [1.29, 1.82) is 0 Å². The summed E-state index contributed by atoms with van der Waals surface area (Å²) in [5, 5.41) is 10.0. The minimum absolute atomic E-state index is 0.338. The smallest absolute Gasteiger partial charge is 0.347 e. The van der Waals surface area contributed by atoms with E-state index >= 15 is 0 Å². The Hall–Kier alpha value is -1.88. The molecule has 0 bridgehead atoms. The summed E-state index contributed by atoms with van der Waals surface area (Å²) in [5.74, 6) is 0.239. The molecule has 1 aromatic heterocycles. The fourth-order valence-electron chi connectivity index (χ4n) is 1.90. The van der Waals surface area contributed by atoms with Gasteiger partial charge < -0.3 is 9.84 Å². The predicted molar refractivity (Wildman–Crippen MR) is 79.6 cm³/mol. The summed E-state index contributed by atoms with van der Waals surface area (Å²) in [7, 11) is 1.61. The molecule has 0 fully saturated rings. The maximum absolute atomic E-state index is 11.3. The Morgan fingerprint density at radius 3 is 2.50 bits per heavy atom. The molecule has 1 heterocycles. The second-order valence-corrected chi connectivity index (χ2v) is 5.93. The van der Waals surface area contributed by atoms with Crippen molar-refractivity contribution in [2.75, 3.05) is 7.11 Å².